The van der Waals surface area contributed by atoms with Crippen molar-refractivity contribution in [3.8, 4) is 0 Å². The van der Waals surface area contributed by atoms with Gasteiger partial charge in [-0.3, -0.25) is 9.59 Å². The maximum absolute atomic E-state index is 11.0. The van der Waals surface area contributed by atoms with Crippen LogP contribution in [-0.2, 0) is 4.79 Å². The summed E-state index contributed by atoms with van der Waals surface area (Å²) in [6.07, 6.45) is 4.45. The molecule has 2 heterocycles. The van der Waals surface area contributed by atoms with Crippen molar-refractivity contribution in [2.24, 2.45) is 11.7 Å². The number of amides is 1. The number of aliphatic carboxylic acids is 1. The first-order valence-corrected chi connectivity index (χ1v) is 6.79. The Balaban J connectivity index is 1.87. The molecular formula is C14H19N3O3. The molecule has 0 unspecified atom stereocenters. The molecule has 1 amide bonds. The van der Waals surface area contributed by atoms with Crippen molar-refractivity contribution in [3.63, 3.8) is 0 Å². The van der Waals surface area contributed by atoms with Crippen LogP contribution in [0.2, 0.25) is 0 Å². The zero-order valence-corrected chi connectivity index (χ0v) is 11.3. The predicted molar refractivity (Wildman–Crippen MR) is 74.6 cm³/mol. The number of primary amides is 1. The highest BCUT2D eigenvalue weighted by atomic mass is 16.4. The number of aromatic nitrogens is 1. The van der Waals surface area contributed by atoms with E-state index in [9.17, 15) is 9.59 Å². The molecule has 1 aromatic heterocycles. The van der Waals surface area contributed by atoms with E-state index in [4.69, 9.17) is 10.8 Å². The van der Waals surface area contributed by atoms with Crippen LogP contribution in [0.5, 0.6) is 0 Å². The lowest BCUT2D eigenvalue weighted by Crippen LogP contribution is -2.34. The van der Waals surface area contributed by atoms with Crippen molar-refractivity contribution in [3.05, 3.63) is 23.9 Å². The average molecular weight is 277 g/mol. The maximum Gasteiger partial charge on any atom is 0.303 e. The Bertz CT molecular complexity index is 479. The van der Waals surface area contributed by atoms with Gasteiger partial charge in [-0.15, -0.1) is 0 Å². The van der Waals surface area contributed by atoms with Gasteiger partial charge < -0.3 is 15.7 Å². The van der Waals surface area contributed by atoms with Gasteiger partial charge in [0.05, 0.1) is 5.56 Å². The van der Waals surface area contributed by atoms with E-state index in [0.717, 1.165) is 38.2 Å². The number of rotatable bonds is 5. The first-order valence-electron chi connectivity index (χ1n) is 6.79. The van der Waals surface area contributed by atoms with Crippen molar-refractivity contribution in [2.45, 2.75) is 25.7 Å². The molecule has 0 aromatic carbocycles. The Morgan fingerprint density at radius 2 is 2.05 bits per heavy atom. The van der Waals surface area contributed by atoms with Gasteiger partial charge in [0, 0.05) is 25.7 Å². The van der Waals surface area contributed by atoms with Crippen molar-refractivity contribution in [2.75, 3.05) is 18.0 Å². The predicted octanol–water partition coefficient (Wildman–Crippen LogP) is 1.26. The molecule has 0 atom stereocenters. The normalized spacial score (nSPS) is 16.1. The molecule has 1 fully saturated rings. The Kier molecular flexibility index (Phi) is 4.55. The summed E-state index contributed by atoms with van der Waals surface area (Å²) in [5.74, 6) is 0.117. The molecule has 20 heavy (non-hydrogen) atoms. The Morgan fingerprint density at radius 3 is 2.55 bits per heavy atom. The summed E-state index contributed by atoms with van der Waals surface area (Å²) in [6.45, 7) is 1.74. The second kappa shape index (κ2) is 6.36. The van der Waals surface area contributed by atoms with Gasteiger partial charge in [-0.05, 0) is 37.3 Å². The number of nitrogens with two attached hydrogens (primary N) is 1. The molecule has 0 aliphatic carbocycles. The molecule has 1 saturated heterocycles. The lowest BCUT2D eigenvalue weighted by atomic mass is 9.92. The molecule has 1 aliphatic heterocycles. The first-order chi connectivity index (χ1) is 9.56. The third-order valence-corrected chi connectivity index (χ3v) is 3.74. The fraction of sp³-hybridized carbons (Fsp3) is 0.500. The number of carbonyl (C=O) groups is 2. The zero-order valence-electron chi connectivity index (χ0n) is 11.3. The van der Waals surface area contributed by atoms with Crippen molar-refractivity contribution < 1.29 is 14.7 Å². The van der Waals surface area contributed by atoms with E-state index in [2.05, 4.69) is 9.88 Å². The van der Waals surface area contributed by atoms with Gasteiger partial charge in [0.1, 0.15) is 5.82 Å². The summed E-state index contributed by atoms with van der Waals surface area (Å²) in [5.41, 5.74) is 5.59. The number of pyridine rings is 1. The number of piperidine rings is 1. The summed E-state index contributed by atoms with van der Waals surface area (Å²) >= 11 is 0. The highest BCUT2D eigenvalue weighted by Crippen LogP contribution is 2.24. The second-order valence-electron chi connectivity index (χ2n) is 5.13. The van der Waals surface area contributed by atoms with Crippen LogP contribution >= 0.6 is 0 Å². The molecule has 0 spiro atoms. The molecule has 6 heteroatoms. The Labute approximate surface area is 117 Å². The third kappa shape index (κ3) is 3.69. The number of carboxylic acids is 1. The van der Waals surface area contributed by atoms with Crippen LogP contribution in [0, 0.1) is 5.92 Å². The number of hydrogen-bond donors (Lipinski definition) is 2. The van der Waals surface area contributed by atoms with E-state index in [0.29, 0.717) is 11.5 Å². The fourth-order valence-corrected chi connectivity index (χ4v) is 2.50. The largest absolute Gasteiger partial charge is 0.481 e. The summed E-state index contributed by atoms with van der Waals surface area (Å²) in [7, 11) is 0. The van der Waals surface area contributed by atoms with Gasteiger partial charge in [-0.1, -0.05) is 0 Å². The first kappa shape index (κ1) is 14.3. The second-order valence-corrected chi connectivity index (χ2v) is 5.13. The fourth-order valence-electron chi connectivity index (χ4n) is 2.50. The topological polar surface area (TPSA) is 96.5 Å². The van der Waals surface area contributed by atoms with Gasteiger partial charge >= 0.3 is 5.97 Å². The lowest BCUT2D eigenvalue weighted by Gasteiger charge is -2.32. The van der Waals surface area contributed by atoms with E-state index in [1.54, 1.807) is 12.1 Å². The van der Waals surface area contributed by atoms with Crippen LogP contribution in [0.25, 0.3) is 0 Å². The summed E-state index contributed by atoms with van der Waals surface area (Å²) in [4.78, 5) is 27.9. The van der Waals surface area contributed by atoms with Gasteiger partial charge in [-0.2, -0.15) is 0 Å². The summed E-state index contributed by atoms with van der Waals surface area (Å²) in [6, 6.07) is 3.48. The molecule has 108 valence electrons. The van der Waals surface area contributed by atoms with Crippen LogP contribution in [0.15, 0.2) is 18.3 Å². The number of carbonyl (C=O) groups excluding carboxylic acids is 1. The van der Waals surface area contributed by atoms with Gasteiger partial charge in [-0.25, -0.2) is 4.98 Å². The lowest BCUT2D eigenvalue weighted by molar-refractivity contribution is -0.137. The van der Waals surface area contributed by atoms with Crippen molar-refractivity contribution in [1.82, 2.24) is 4.98 Å². The van der Waals surface area contributed by atoms with Crippen LogP contribution in [0.1, 0.15) is 36.0 Å². The number of nitrogens with zero attached hydrogens (tertiary/aromatic N) is 2. The average Bonchev–Trinajstić information content (AvgIpc) is 2.46. The number of hydrogen-bond acceptors (Lipinski definition) is 4. The van der Waals surface area contributed by atoms with Crippen LogP contribution in [-0.4, -0.2) is 35.1 Å². The minimum Gasteiger partial charge on any atom is -0.481 e. The van der Waals surface area contributed by atoms with E-state index in [1.165, 1.54) is 6.20 Å². The molecular weight excluding hydrogens is 258 g/mol. The Hall–Kier alpha value is -2.11. The van der Waals surface area contributed by atoms with Crippen LogP contribution in [0.3, 0.4) is 0 Å². The molecule has 1 aliphatic rings. The summed E-state index contributed by atoms with van der Waals surface area (Å²) < 4.78 is 0. The molecule has 3 N–H and O–H groups in total. The van der Waals surface area contributed by atoms with Gasteiger partial charge in [0.15, 0.2) is 0 Å². The smallest absolute Gasteiger partial charge is 0.303 e. The standard InChI is InChI=1S/C14H19N3O3/c15-14(20)11-2-3-12(16-9-11)17-7-5-10(6-8-17)1-4-13(18)19/h2-3,9-10H,1,4-8H2,(H2,15,20)(H,18,19). The summed E-state index contributed by atoms with van der Waals surface area (Å²) in [5, 5.41) is 8.69. The molecule has 0 radical (unpaired) electrons. The quantitative estimate of drug-likeness (QED) is 0.844. The van der Waals surface area contributed by atoms with Crippen molar-refractivity contribution in [1.29, 1.82) is 0 Å². The van der Waals surface area contributed by atoms with Crippen LogP contribution < -0.4 is 10.6 Å². The third-order valence-electron chi connectivity index (χ3n) is 3.74. The van der Waals surface area contributed by atoms with E-state index < -0.39 is 11.9 Å². The van der Waals surface area contributed by atoms with E-state index >= 15 is 0 Å². The number of carboxylic acid groups (broad SMARTS) is 1. The molecule has 1 aromatic rings. The number of anilines is 1. The minimum absolute atomic E-state index is 0.246. The molecule has 6 nitrogen and oxygen atoms in total. The minimum atomic E-state index is -0.726. The van der Waals surface area contributed by atoms with E-state index in [1.807, 2.05) is 0 Å². The van der Waals surface area contributed by atoms with E-state index in [-0.39, 0.29) is 6.42 Å². The maximum atomic E-state index is 11.0. The molecule has 0 saturated carbocycles. The van der Waals surface area contributed by atoms with Gasteiger partial charge in [0.2, 0.25) is 5.91 Å². The highest BCUT2D eigenvalue weighted by molar-refractivity contribution is 5.92. The SMILES string of the molecule is NC(=O)c1ccc(N2CCC(CCC(=O)O)CC2)nc1. The van der Waals surface area contributed by atoms with Crippen molar-refractivity contribution >= 4 is 17.7 Å². The Morgan fingerprint density at radius 1 is 1.35 bits per heavy atom. The monoisotopic (exact) mass is 277 g/mol. The zero-order chi connectivity index (χ0) is 14.5. The van der Waals surface area contributed by atoms with Crippen LogP contribution in [0.4, 0.5) is 5.82 Å². The molecule has 2 rings (SSSR count). The molecule has 0 bridgehead atoms. The van der Waals surface area contributed by atoms with Gasteiger partial charge in [0.25, 0.3) is 0 Å². The highest BCUT2D eigenvalue weighted by Gasteiger charge is 2.20.